The third-order valence-corrected chi connectivity index (χ3v) is 4.10. The number of halogens is 2. The Kier molecular flexibility index (Phi) is 6.13. The van der Waals surface area contributed by atoms with E-state index in [1.807, 2.05) is 12.1 Å². The lowest BCUT2D eigenvalue weighted by molar-refractivity contribution is 0.0462. The van der Waals surface area contributed by atoms with Crippen molar-refractivity contribution in [3.63, 3.8) is 0 Å². The van der Waals surface area contributed by atoms with Crippen molar-refractivity contribution in [1.82, 2.24) is 15.0 Å². The molecule has 0 saturated heterocycles. The number of rotatable bonds is 6. The van der Waals surface area contributed by atoms with E-state index in [9.17, 15) is 4.79 Å². The van der Waals surface area contributed by atoms with Crippen LogP contribution in [0.2, 0.25) is 10.0 Å². The van der Waals surface area contributed by atoms with Gasteiger partial charge in [-0.2, -0.15) is 15.0 Å². The average molecular weight is 420 g/mol. The van der Waals surface area contributed by atoms with Crippen LogP contribution in [0.1, 0.15) is 16.2 Å². The van der Waals surface area contributed by atoms with Crippen LogP contribution in [0.4, 0.5) is 17.6 Å². The van der Waals surface area contributed by atoms with Gasteiger partial charge < -0.3 is 20.5 Å². The van der Waals surface area contributed by atoms with Gasteiger partial charge in [0.2, 0.25) is 11.9 Å². The molecule has 0 aliphatic heterocycles. The Hall–Kier alpha value is -3.10. The van der Waals surface area contributed by atoms with Crippen molar-refractivity contribution in [2.45, 2.75) is 6.61 Å². The molecule has 3 aromatic rings. The van der Waals surface area contributed by atoms with E-state index in [0.29, 0.717) is 16.5 Å². The summed E-state index contributed by atoms with van der Waals surface area (Å²) in [6.45, 7) is -0.227. The SMILES string of the molecule is COc1ccccc1Nc1nc(N)nc(COC(=O)c2cc(Cl)ccc2Cl)n1. The summed E-state index contributed by atoms with van der Waals surface area (Å²) in [5.74, 6) is 0.259. The minimum Gasteiger partial charge on any atom is -0.495 e. The minimum absolute atomic E-state index is 0.0285. The number of hydrogen-bond donors (Lipinski definition) is 2. The fourth-order valence-electron chi connectivity index (χ4n) is 2.29. The molecule has 0 radical (unpaired) electrons. The lowest BCUT2D eigenvalue weighted by Gasteiger charge is -2.11. The van der Waals surface area contributed by atoms with Gasteiger partial charge in [0.25, 0.3) is 0 Å². The first-order valence-electron chi connectivity index (χ1n) is 7.99. The van der Waals surface area contributed by atoms with E-state index in [-0.39, 0.29) is 34.9 Å². The molecule has 0 saturated carbocycles. The van der Waals surface area contributed by atoms with E-state index in [0.717, 1.165) is 0 Å². The zero-order valence-corrected chi connectivity index (χ0v) is 16.2. The summed E-state index contributed by atoms with van der Waals surface area (Å²) in [6.07, 6.45) is 0. The number of carbonyl (C=O) groups is 1. The second kappa shape index (κ2) is 8.73. The highest BCUT2D eigenvalue weighted by molar-refractivity contribution is 6.35. The molecule has 1 heterocycles. The Morgan fingerprint density at radius 2 is 1.93 bits per heavy atom. The van der Waals surface area contributed by atoms with Crippen LogP contribution in [0, 0.1) is 0 Å². The van der Waals surface area contributed by atoms with Crippen LogP contribution in [0.25, 0.3) is 0 Å². The van der Waals surface area contributed by atoms with Gasteiger partial charge in [0.15, 0.2) is 12.4 Å². The van der Waals surface area contributed by atoms with Crippen LogP contribution >= 0.6 is 23.2 Å². The first-order chi connectivity index (χ1) is 13.5. The monoisotopic (exact) mass is 419 g/mol. The number of anilines is 3. The number of methoxy groups -OCH3 is 1. The highest BCUT2D eigenvalue weighted by atomic mass is 35.5. The molecule has 3 rings (SSSR count). The first-order valence-corrected chi connectivity index (χ1v) is 8.74. The normalized spacial score (nSPS) is 10.4. The van der Waals surface area contributed by atoms with Gasteiger partial charge in [-0.1, -0.05) is 35.3 Å². The summed E-state index contributed by atoms with van der Waals surface area (Å²) >= 11 is 11.9. The molecule has 8 nitrogen and oxygen atoms in total. The van der Waals surface area contributed by atoms with Gasteiger partial charge in [0.1, 0.15) is 5.75 Å². The number of benzene rings is 2. The number of nitrogen functional groups attached to an aromatic ring is 1. The number of carbonyl (C=O) groups excluding carboxylic acids is 1. The quantitative estimate of drug-likeness (QED) is 0.578. The Labute approximate surface area is 170 Å². The van der Waals surface area contributed by atoms with Crippen molar-refractivity contribution < 1.29 is 14.3 Å². The fourth-order valence-corrected chi connectivity index (χ4v) is 2.66. The summed E-state index contributed by atoms with van der Waals surface area (Å²) in [4.78, 5) is 24.4. The Bertz CT molecular complexity index is 1020. The van der Waals surface area contributed by atoms with Gasteiger partial charge in [-0.15, -0.1) is 0 Å². The number of nitrogens with one attached hydrogen (secondary N) is 1. The molecule has 1 aromatic heterocycles. The molecule has 0 aliphatic rings. The van der Waals surface area contributed by atoms with Crippen molar-refractivity contribution in [2.75, 3.05) is 18.2 Å². The van der Waals surface area contributed by atoms with Crippen LogP contribution in [-0.2, 0) is 11.3 Å². The number of aromatic nitrogens is 3. The van der Waals surface area contributed by atoms with Gasteiger partial charge in [-0.25, -0.2) is 4.79 Å². The number of hydrogen-bond acceptors (Lipinski definition) is 8. The maximum Gasteiger partial charge on any atom is 0.340 e. The number of ether oxygens (including phenoxy) is 2. The smallest absolute Gasteiger partial charge is 0.340 e. The number of nitrogens with two attached hydrogens (primary N) is 1. The van der Waals surface area contributed by atoms with E-state index < -0.39 is 5.97 Å². The van der Waals surface area contributed by atoms with E-state index in [4.69, 9.17) is 38.4 Å². The summed E-state index contributed by atoms with van der Waals surface area (Å²) in [7, 11) is 1.55. The predicted octanol–water partition coefficient (Wildman–Crippen LogP) is 3.87. The van der Waals surface area contributed by atoms with Gasteiger partial charge in [0, 0.05) is 5.02 Å². The largest absolute Gasteiger partial charge is 0.495 e. The molecule has 0 fully saturated rings. The molecule has 3 N–H and O–H groups in total. The molecule has 10 heteroatoms. The fraction of sp³-hybridized carbons (Fsp3) is 0.111. The predicted molar refractivity (Wildman–Crippen MR) is 106 cm³/mol. The number of esters is 1. The maximum atomic E-state index is 12.2. The van der Waals surface area contributed by atoms with E-state index >= 15 is 0 Å². The second-order valence-electron chi connectivity index (χ2n) is 5.46. The molecule has 0 aliphatic carbocycles. The summed E-state index contributed by atoms with van der Waals surface area (Å²) in [5, 5.41) is 3.58. The summed E-state index contributed by atoms with van der Waals surface area (Å²) < 4.78 is 10.5. The molecule has 0 bridgehead atoms. The van der Waals surface area contributed by atoms with Crippen LogP contribution < -0.4 is 15.8 Å². The Morgan fingerprint density at radius 3 is 2.71 bits per heavy atom. The van der Waals surface area contributed by atoms with Crippen molar-refractivity contribution in [2.24, 2.45) is 0 Å². The molecule has 144 valence electrons. The van der Waals surface area contributed by atoms with Crippen molar-refractivity contribution in [1.29, 1.82) is 0 Å². The molecule has 0 atom stereocenters. The minimum atomic E-state index is -0.661. The van der Waals surface area contributed by atoms with Crippen molar-refractivity contribution in [3.8, 4) is 5.75 Å². The van der Waals surface area contributed by atoms with Crippen LogP contribution in [-0.4, -0.2) is 28.0 Å². The number of nitrogens with zero attached hydrogens (tertiary/aromatic N) is 3. The number of para-hydroxylation sites is 2. The van der Waals surface area contributed by atoms with Crippen LogP contribution in [0.15, 0.2) is 42.5 Å². The Balaban J connectivity index is 1.74. The maximum absolute atomic E-state index is 12.2. The second-order valence-corrected chi connectivity index (χ2v) is 6.30. The highest BCUT2D eigenvalue weighted by Gasteiger charge is 2.14. The third-order valence-electron chi connectivity index (χ3n) is 3.53. The van der Waals surface area contributed by atoms with E-state index in [1.165, 1.54) is 12.1 Å². The third kappa shape index (κ3) is 4.79. The lowest BCUT2D eigenvalue weighted by Crippen LogP contribution is -2.11. The molecule has 0 spiro atoms. The summed E-state index contributed by atoms with van der Waals surface area (Å²) in [6, 6.07) is 11.7. The zero-order valence-electron chi connectivity index (χ0n) is 14.6. The highest BCUT2D eigenvalue weighted by Crippen LogP contribution is 2.26. The summed E-state index contributed by atoms with van der Waals surface area (Å²) in [5.41, 5.74) is 6.52. The van der Waals surface area contributed by atoms with Gasteiger partial charge >= 0.3 is 5.97 Å². The van der Waals surface area contributed by atoms with Gasteiger partial charge in [-0.3, -0.25) is 0 Å². The van der Waals surface area contributed by atoms with Crippen LogP contribution in [0.3, 0.4) is 0 Å². The standard InChI is InChI=1S/C18H15Cl2N5O3/c1-27-14-5-3-2-4-13(14)22-18-24-15(23-17(21)25-18)9-28-16(26)11-8-10(19)6-7-12(11)20/h2-8H,9H2,1H3,(H3,21,22,23,24,25). The molecule has 28 heavy (non-hydrogen) atoms. The zero-order chi connectivity index (χ0) is 20.1. The van der Waals surface area contributed by atoms with Crippen molar-refractivity contribution in [3.05, 3.63) is 63.9 Å². The van der Waals surface area contributed by atoms with Gasteiger partial charge in [-0.05, 0) is 30.3 Å². The van der Waals surface area contributed by atoms with Gasteiger partial charge in [0.05, 0.1) is 23.4 Å². The molecule has 2 aromatic carbocycles. The first kappa shape index (κ1) is 19.7. The Morgan fingerprint density at radius 1 is 1.14 bits per heavy atom. The van der Waals surface area contributed by atoms with E-state index in [1.54, 1.807) is 25.3 Å². The molecular formula is C18H15Cl2N5O3. The van der Waals surface area contributed by atoms with Crippen LogP contribution in [0.5, 0.6) is 5.75 Å². The lowest BCUT2D eigenvalue weighted by atomic mass is 10.2. The van der Waals surface area contributed by atoms with Crippen molar-refractivity contribution >= 4 is 46.8 Å². The molecule has 0 unspecified atom stereocenters. The average Bonchev–Trinajstić information content (AvgIpc) is 2.68. The molecule has 0 amide bonds. The topological polar surface area (TPSA) is 112 Å². The molecular weight excluding hydrogens is 405 g/mol. The van der Waals surface area contributed by atoms with E-state index in [2.05, 4.69) is 20.3 Å².